The van der Waals surface area contributed by atoms with Crippen LogP contribution in [0.4, 0.5) is 0 Å². The smallest absolute Gasteiger partial charge is 0.0808 e. The molecule has 84 valence electrons. The van der Waals surface area contributed by atoms with Crippen LogP contribution in [0.5, 0.6) is 0 Å². The molecule has 1 atom stereocenters. The van der Waals surface area contributed by atoms with Gasteiger partial charge < -0.3 is 9.47 Å². The van der Waals surface area contributed by atoms with Crippen LogP contribution in [0.2, 0.25) is 0 Å². The van der Waals surface area contributed by atoms with Crippen LogP contribution < -0.4 is 0 Å². The molecule has 0 spiro atoms. The number of rotatable bonds is 5. The van der Waals surface area contributed by atoms with Crippen molar-refractivity contribution in [3.05, 3.63) is 0 Å². The van der Waals surface area contributed by atoms with E-state index in [2.05, 4.69) is 26.5 Å². The first kappa shape index (κ1) is 12.3. The van der Waals surface area contributed by atoms with E-state index in [1.54, 1.807) is 0 Å². The van der Waals surface area contributed by atoms with Gasteiger partial charge in [-0.25, -0.2) is 0 Å². The van der Waals surface area contributed by atoms with E-state index in [1.165, 1.54) is 12.8 Å². The first-order valence-electron chi connectivity index (χ1n) is 5.44. The summed E-state index contributed by atoms with van der Waals surface area (Å²) in [5.41, 5.74) is 0.178. The first-order valence-corrected chi connectivity index (χ1v) is 6.07. The lowest BCUT2D eigenvalue weighted by atomic mass is 9.98. The van der Waals surface area contributed by atoms with E-state index in [9.17, 15) is 0 Å². The molecule has 1 aliphatic heterocycles. The SMILES string of the molecule is CC(C)(CS)COCC1CCCCO1. The Morgan fingerprint density at radius 1 is 1.43 bits per heavy atom. The second-order valence-corrected chi connectivity index (χ2v) is 5.14. The van der Waals surface area contributed by atoms with Gasteiger partial charge >= 0.3 is 0 Å². The molecule has 1 rings (SSSR count). The number of ether oxygens (including phenoxy) is 2. The Labute approximate surface area is 92.8 Å². The van der Waals surface area contributed by atoms with Crippen molar-refractivity contribution in [2.24, 2.45) is 5.41 Å². The predicted octanol–water partition coefficient (Wildman–Crippen LogP) is 2.53. The first-order chi connectivity index (χ1) is 6.64. The van der Waals surface area contributed by atoms with Crippen LogP contribution in [0.3, 0.4) is 0 Å². The zero-order valence-electron chi connectivity index (χ0n) is 9.29. The highest BCUT2D eigenvalue weighted by molar-refractivity contribution is 7.80. The van der Waals surface area contributed by atoms with Gasteiger partial charge in [-0.1, -0.05) is 13.8 Å². The maximum absolute atomic E-state index is 5.65. The molecule has 0 radical (unpaired) electrons. The van der Waals surface area contributed by atoms with Crippen LogP contribution >= 0.6 is 12.6 Å². The van der Waals surface area contributed by atoms with Gasteiger partial charge in [0.05, 0.1) is 19.3 Å². The third kappa shape index (κ3) is 4.67. The van der Waals surface area contributed by atoms with Crippen LogP contribution in [-0.4, -0.2) is 31.7 Å². The second kappa shape index (κ2) is 5.99. The van der Waals surface area contributed by atoms with Crippen LogP contribution in [0.1, 0.15) is 33.1 Å². The monoisotopic (exact) mass is 218 g/mol. The average molecular weight is 218 g/mol. The summed E-state index contributed by atoms with van der Waals surface area (Å²) >= 11 is 4.29. The molecule has 0 N–H and O–H groups in total. The fourth-order valence-electron chi connectivity index (χ4n) is 1.45. The largest absolute Gasteiger partial charge is 0.378 e. The minimum Gasteiger partial charge on any atom is -0.378 e. The van der Waals surface area contributed by atoms with Crippen molar-refractivity contribution in [1.29, 1.82) is 0 Å². The van der Waals surface area contributed by atoms with Crippen LogP contribution in [0, 0.1) is 5.41 Å². The average Bonchev–Trinajstić information content (AvgIpc) is 2.19. The normalized spacial score (nSPS) is 23.8. The minimum absolute atomic E-state index is 0.178. The van der Waals surface area contributed by atoms with E-state index in [0.717, 1.165) is 32.0 Å². The fraction of sp³-hybridized carbons (Fsp3) is 1.00. The molecule has 0 aromatic rings. The van der Waals surface area contributed by atoms with Gasteiger partial charge in [-0.05, 0) is 30.4 Å². The maximum atomic E-state index is 5.65. The molecule has 1 unspecified atom stereocenters. The van der Waals surface area contributed by atoms with Gasteiger partial charge in [0.25, 0.3) is 0 Å². The lowest BCUT2D eigenvalue weighted by Gasteiger charge is -2.26. The molecule has 1 aliphatic rings. The van der Waals surface area contributed by atoms with Crippen molar-refractivity contribution in [1.82, 2.24) is 0 Å². The summed E-state index contributed by atoms with van der Waals surface area (Å²) in [5.74, 6) is 0.860. The molecular weight excluding hydrogens is 196 g/mol. The van der Waals surface area contributed by atoms with Gasteiger partial charge in [-0.2, -0.15) is 12.6 Å². The van der Waals surface area contributed by atoms with E-state index >= 15 is 0 Å². The van der Waals surface area contributed by atoms with E-state index in [4.69, 9.17) is 9.47 Å². The molecule has 0 amide bonds. The van der Waals surface area contributed by atoms with Crippen molar-refractivity contribution in [2.45, 2.75) is 39.2 Å². The van der Waals surface area contributed by atoms with Crippen molar-refractivity contribution >= 4 is 12.6 Å². The Morgan fingerprint density at radius 3 is 2.79 bits per heavy atom. The van der Waals surface area contributed by atoms with Gasteiger partial charge in [0, 0.05) is 6.61 Å². The predicted molar refractivity (Wildman–Crippen MR) is 62.0 cm³/mol. The van der Waals surface area contributed by atoms with Gasteiger partial charge in [0.15, 0.2) is 0 Å². The van der Waals surface area contributed by atoms with E-state index in [0.29, 0.717) is 6.10 Å². The molecule has 3 heteroatoms. The Bertz CT molecular complexity index is 153. The highest BCUT2D eigenvalue weighted by Crippen LogP contribution is 2.18. The van der Waals surface area contributed by atoms with Gasteiger partial charge in [0.2, 0.25) is 0 Å². The molecule has 1 saturated heterocycles. The molecule has 1 heterocycles. The van der Waals surface area contributed by atoms with Gasteiger partial charge in [-0.3, -0.25) is 0 Å². The molecule has 1 fully saturated rings. The van der Waals surface area contributed by atoms with E-state index < -0.39 is 0 Å². The van der Waals surface area contributed by atoms with Crippen LogP contribution in [0.25, 0.3) is 0 Å². The van der Waals surface area contributed by atoms with Crippen LogP contribution in [0.15, 0.2) is 0 Å². The Hall–Kier alpha value is 0.270. The van der Waals surface area contributed by atoms with Crippen molar-refractivity contribution < 1.29 is 9.47 Å². The summed E-state index contributed by atoms with van der Waals surface area (Å²) in [7, 11) is 0. The molecule has 0 saturated carbocycles. The Balaban J connectivity index is 2.08. The van der Waals surface area contributed by atoms with Crippen molar-refractivity contribution in [3.8, 4) is 0 Å². The van der Waals surface area contributed by atoms with Crippen molar-refractivity contribution in [3.63, 3.8) is 0 Å². The Morgan fingerprint density at radius 2 is 2.21 bits per heavy atom. The quantitative estimate of drug-likeness (QED) is 0.715. The number of thiol groups is 1. The molecule has 14 heavy (non-hydrogen) atoms. The van der Waals surface area contributed by atoms with Crippen molar-refractivity contribution in [2.75, 3.05) is 25.6 Å². The Kier molecular flexibility index (Phi) is 5.28. The zero-order chi connectivity index (χ0) is 10.4. The summed E-state index contributed by atoms with van der Waals surface area (Å²) in [6.07, 6.45) is 3.98. The van der Waals surface area contributed by atoms with E-state index in [1.807, 2.05) is 0 Å². The lowest BCUT2D eigenvalue weighted by Crippen LogP contribution is -2.28. The van der Waals surface area contributed by atoms with Gasteiger partial charge in [0.1, 0.15) is 0 Å². The topological polar surface area (TPSA) is 18.5 Å². The summed E-state index contributed by atoms with van der Waals surface area (Å²) < 4.78 is 11.2. The van der Waals surface area contributed by atoms with Crippen LogP contribution in [-0.2, 0) is 9.47 Å². The number of hydrogen-bond acceptors (Lipinski definition) is 3. The molecule has 0 aromatic carbocycles. The molecule has 2 nitrogen and oxygen atoms in total. The number of hydrogen-bond donors (Lipinski definition) is 1. The van der Waals surface area contributed by atoms with Gasteiger partial charge in [-0.15, -0.1) is 0 Å². The third-order valence-electron chi connectivity index (χ3n) is 2.50. The fourth-order valence-corrected chi connectivity index (χ4v) is 1.54. The second-order valence-electron chi connectivity index (χ2n) is 4.83. The lowest BCUT2D eigenvalue weighted by molar-refractivity contribution is -0.0523. The summed E-state index contributed by atoms with van der Waals surface area (Å²) in [5, 5.41) is 0. The molecular formula is C11H22O2S. The minimum atomic E-state index is 0.178. The summed E-state index contributed by atoms with van der Waals surface area (Å²) in [6.45, 7) is 6.76. The highest BCUT2D eigenvalue weighted by atomic mass is 32.1. The zero-order valence-corrected chi connectivity index (χ0v) is 10.2. The van der Waals surface area contributed by atoms with E-state index in [-0.39, 0.29) is 5.41 Å². The standard InChI is InChI=1S/C11H22O2S/c1-11(2,9-14)8-12-7-10-5-3-4-6-13-10/h10,14H,3-9H2,1-2H3. The summed E-state index contributed by atoms with van der Waals surface area (Å²) in [4.78, 5) is 0. The third-order valence-corrected chi connectivity index (χ3v) is 3.35. The molecule has 0 aliphatic carbocycles. The molecule has 0 aromatic heterocycles. The highest BCUT2D eigenvalue weighted by Gasteiger charge is 2.18. The maximum Gasteiger partial charge on any atom is 0.0808 e. The summed E-state index contributed by atoms with van der Waals surface area (Å²) in [6, 6.07) is 0. The molecule has 0 bridgehead atoms.